The minimum absolute atomic E-state index is 0.0595. The summed E-state index contributed by atoms with van der Waals surface area (Å²) in [6.07, 6.45) is -1.70. The molecule has 2 unspecified atom stereocenters. The first-order chi connectivity index (χ1) is 14.9. The molecular formula is C22H32F3N3O3S. The molecule has 2 aliphatic rings. The van der Waals surface area contributed by atoms with Crippen LogP contribution < -0.4 is 5.73 Å². The first kappa shape index (κ1) is 25.0. The molecule has 32 heavy (non-hydrogen) atoms. The monoisotopic (exact) mass is 475 g/mol. The Morgan fingerprint density at radius 3 is 2.53 bits per heavy atom. The van der Waals surface area contributed by atoms with Gasteiger partial charge < -0.3 is 10.6 Å². The van der Waals surface area contributed by atoms with Gasteiger partial charge in [0.15, 0.2) is 0 Å². The van der Waals surface area contributed by atoms with Gasteiger partial charge in [-0.05, 0) is 63.1 Å². The number of alkyl halides is 3. The Balaban J connectivity index is 1.82. The van der Waals surface area contributed by atoms with Crippen LogP contribution in [0.25, 0.3) is 0 Å². The third kappa shape index (κ3) is 4.82. The zero-order chi connectivity index (χ0) is 23.8. The van der Waals surface area contributed by atoms with E-state index in [0.717, 1.165) is 31.4 Å². The van der Waals surface area contributed by atoms with Crippen molar-refractivity contribution in [3.63, 3.8) is 0 Å². The van der Waals surface area contributed by atoms with Gasteiger partial charge in [0.1, 0.15) is 0 Å². The predicted octanol–water partition coefficient (Wildman–Crippen LogP) is 3.47. The molecule has 1 saturated carbocycles. The van der Waals surface area contributed by atoms with Crippen LogP contribution in [0.3, 0.4) is 0 Å². The lowest BCUT2D eigenvalue weighted by atomic mass is 9.95. The molecule has 1 amide bonds. The van der Waals surface area contributed by atoms with E-state index in [9.17, 15) is 26.4 Å². The Kier molecular flexibility index (Phi) is 7.26. The highest BCUT2D eigenvalue weighted by Gasteiger charge is 2.49. The molecular weight excluding hydrogens is 443 g/mol. The van der Waals surface area contributed by atoms with E-state index in [2.05, 4.69) is 0 Å². The maximum atomic E-state index is 13.1. The van der Waals surface area contributed by atoms with Crippen LogP contribution in [-0.4, -0.2) is 54.7 Å². The Hall–Kier alpha value is -1.65. The van der Waals surface area contributed by atoms with E-state index >= 15 is 0 Å². The van der Waals surface area contributed by atoms with Gasteiger partial charge in [0.05, 0.1) is 16.5 Å². The Morgan fingerprint density at radius 2 is 1.94 bits per heavy atom. The first-order valence-electron chi connectivity index (χ1n) is 11.1. The number of rotatable bonds is 7. The molecule has 180 valence electrons. The van der Waals surface area contributed by atoms with Crippen molar-refractivity contribution in [2.75, 3.05) is 13.1 Å². The molecule has 0 aromatic heterocycles. The first-order valence-corrected chi connectivity index (χ1v) is 12.6. The molecule has 1 aliphatic carbocycles. The number of benzene rings is 1. The lowest BCUT2D eigenvalue weighted by Gasteiger charge is -2.38. The van der Waals surface area contributed by atoms with E-state index in [4.69, 9.17) is 5.73 Å². The summed E-state index contributed by atoms with van der Waals surface area (Å²) >= 11 is 0. The van der Waals surface area contributed by atoms with Crippen LogP contribution in [0.4, 0.5) is 13.2 Å². The van der Waals surface area contributed by atoms with Crippen LogP contribution in [0, 0.1) is 11.8 Å². The summed E-state index contributed by atoms with van der Waals surface area (Å²) in [7, 11) is -4.07. The molecule has 0 radical (unpaired) electrons. The minimum Gasteiger partial charge on any atom is -0.336 e. The number of carbonyl (C=O) groups excluding carboxylic acids is 1. The number of amides is 1. The third-order valence-electron chi connectivity index (χ3n) is 6.67. The fourth-order valence-corrected chi connectivity index (χ4v) is 6.73. The number of hydrogen-bond donors (Lipinski definition) is 1. The standard InChI is InChI=1S/C22H32F3N3O3S/c1-4-6-19(26)21(29)28(14(2)3)20-10-9-15-12-27(13-18(15)20)32(30,31)17-8-5-7-16(11-17)22(23,24)25/h5,7-8,11,14-15,18-20H,4,6,9-10,12-13,26H2,1-3H3/t15-,18?,19-,20?/m0/s1. The van der Waals surface area contributed by atoms with Crippen LogP contribution in [-0.2, 0) is 21.0 Å². The molecule has 1 aromatic rings. The second-order valence-electron chi connectivity index (χ2n) is 9.15. The summed E-state index contributed by atoms with van der Waals surface area (Å²) in [5.74, 6) is -0.112. The van der Waals surface area contributed by atoms with Crippen LogP contribution in [0.15, 0.2) is 29.2 Å². The van der Waals surface area contributed by atoms with Crippen molar-refractivity contribution < 1.29 is 26.4 Å². The number of sulfonamides is 1. The minimum atomic E-state index is -4.62. The molecule has 2 fully saturated rings. The smallest absolute Gasteiger partial charge is 0.336 e. The lowest BCUT2D eigenvalue weighted by molar-refractivity contribution is -0.138. The van der Waals surface area contributed by atoms with Crippen molar-refractivity contribution in [2.45, 2.75) is 75.7 Å². The highest BCUT2D eigenvalue weighted by Crippen LogP contribution is 2.43. The van der Waals surface area contributed by atoms with Crippen molar-refractivity contribution in [1.29, 1.82) is 0 Å². The lowest BCUT2D eigenvalue weighted by Crippen LogP contribution is -2.53. The van der Waals surface area contributed by atoms with Gasteiger partial charge in [-0.15, -0.1) is 0 Å². The molecule has 6 nitrogen and oxygen atoms in total. The molecule has 1 saturated heterocycles. The normalized spacial score (nSPS) is 25.2. The zero-order valence-electron chi connectivity index (χ0n) is 18.7. The summed E-state index contributed by atoms with van der Waals surface area (Å²) in [6, 6.07) is 3.06. The summed E-state index contributed by atoms with van der Waals surface area (Å²) in [6.45, 7) is 6.26. The predicted molar refractivity (Wildman–Crippen MR) is 115 cm³/mol. The molecule has 1 aromatic carbocycles. The zero-order valence-corrected chi connectivity index (χ0v) is 19.5. The van der Waals surface area contributed by atoms with Crippen molar-refractivity contribution >= 4 is 15.9 Å². The maximum Gasteiger partial charge on any atom is 0.416 e. The average Bonchev–Trinajstić information content (AvgIpc) is 3.30. The Labute approximate surface area is 188 Å². The molecule has 0 spiro atoms. The number of halogens is 3. The van der Waals surface area contributed by atoms with Gasteiger partial charge in [-0.2, -0.15) is 17.5 Å². The molecule has 10 heteroatoms. The highest BCUT2D eigenvalue weighted by molar-refractivity contribution is 7.89. The molecule has 1 heterocycles. The van der Waals surface area contributed by atoms with Crippen molar-refractivity contribution in [3.8, 4) is 0 Å². The van der Waals surface area contributed by atoms with Gasteiger partial charge in [0.2, 0.25) is 15.9 Å². The SMILES string of the molecule is CCC[C@H](N)C(=O)N(C(C)C)C1CC[C@H]2CN(S(=O)(=O)c3cccc(C(F)(F)F)c3)CC12. The van der Waals surface area contributed by atoms with Crippen LogP contribution in [0.2, 0.25) is 0 Å². The van der Waals surface area contributed by atoms with Crippen LogP contribution in [0.1, 0.15) is 52.0 Å². The van der Waals surface area contributed by atoms with Crippen molar-refractivity contribution in [2.24, 2.45) is 17.6 Å². The molecule has 2 N–H and O–H groups in total. The summed E-state index contributed by atoms with van der Waals surface area (Å²) < 4.78 is 66.8. The summed E-state index contributed by atoms with van der Waals surface area (Å²) in [5.41, 5.74) is 5.12. The topological polar surface area (TPSA) is 83.7 Å². The molecule has 4 atom stereocenters. The van der Waals surface area contributed by atoms with Gasteiger partial charge in [-0.1, -0.05) is 19.4 Å². The molecule has 3 rings (SSSR count). The summed E-state index contributed by atoms with van der Waals surface area (Å²) in [5, 5.41) is 0. The van der Waals surface area contributed by atoms with E-state index in [1.165, 1.54) is 10.4 Å². The van der Waals surface area contributed by atoms with Crippen molar-refractivity contribution in [1.82, 2.24) is 9.21 Å². The van der Waals surface area contributed by atoms with E-state index in [1.54, 1.807) is 0 Å². The molecule has 1 aliphatic heterocycles. The number of hydrogen-bond acceptors (Lipinski definition) is 4. The van der Waals surface area contributed by atoms with Gasteiger partial charge in [0.25, 0.3) is 0 Å². The second-order valence-corrected chi connectivity index (χ2v) is 11.1. The van der Waals surface area contributed by atoms with Gasteiger partial charge in [-0.3, -0.25) is 4.79 Å². The van der Waals surface area contributed by atoms with Gasteiger partial charge >= 0.3 is 6.18 Å². The van der Waals surface area contributed by atoms with Crippen molar-refractivity contribution in [3.05, 3.63) is 29.8 Å². The third-order valence-corrected chi connectivity index (χ3v) is 8.50. The largest absolute Gasteiger partial charge is 0.416 e. The average molecular weight is 476 g/mol. The Morgan fingerprint density at radius 1 is 1.25 bits per heavy atom. The number of carbonyl (C=O) groups is 1. The Bertz CT molecular complexity index is 936. The van der Waals surface area contributed by atoms with E-state index in [1.807, 2.05) is 25.7 Å². The van der Waals surface area contributed by atoms with Crippen LogP contribution in [0.5, 0.6) is 0 Å². The maximum absolute atomic E-state index is 13.1. The van der Waals surface area contributed by atoms with Gasteiger partial charge in [-0.25, -0.2) is 8.42 Å². The van der Waals surface area contributed by atoms with Gasteiger partial charge in [0, 0.05) is 25.2 Å². The number of nitrogens with two attached hydrogens (primary N) is 1. The second kappa shape index (κ2) is 9.30. The molecule has 0 bridgehead atoms. The highest BCUT2D eigenvalue weighted by atomic mass is 32.2. The number of fused-ring (bicyclic) bond motifs is 1. The number of nitrogens with zero attached hydrogens (tertiary/aromatic N) is 2. The van der Waals surface area contributed by atoms with E-state index < -0.39 is 27.8 Å². The van der Waals surface area contributed by atoms with Crippen LogP contribution >= 0.6 is 0 Å². The summed E-state index contributed by atoms with van der Waals surface area (Å²) in [4.78, 5) is 14.5. The van der Waals surface area contributed by atoms with E-state index in [0.29, 0.717) is 12.5 Å². The quantitative estimate of drug-likeness (QED) is 0.655. The van der Waals surface area contributed by atoms with E-state index in [-0.39, 0.29) is 47.8 Å². The fourth-order valence-electron chi connectivity index (χ4n) is 5.15. The fraction of sp³-hybridized carbons (Fsp3) is 0.682.